The van der Waals surface area contributed by atoms with Gasteiger partial charge in [0.1, 0.15) is 6.61 Å². The summed E-state index contributed by atoms with van der Waals surface area (Å²) in [5, 5.41) is 14.2. The number of rotatable bonds is 9. The summed E-state index contributed by atoms with van der Waals surface area (Å²) in [6.45, 7) is 4.19. The maximum absolute atomic E-state index is 12.9. The van der Waals surface area contributed by atoms with E-state index >= 15 is 0 Å². The number of non-ortho nitro benzene ring substituents is 1. The average molecular weight is 419 g/mol. The molecule has 1 aromatic rings. The van der Waals surface area contributed by atoms with E-state index in [1.807, 2.05) is 0 Å². The fourth-order valence-corrected chi connectivity index (χ4v) is 3.25. The van der Waals surface area contributed by atoms with Crippen LogP contribution in [0.25, 0.3) is 0 Å². The van der Waals surface area contributed by atoms with Gasteiger partial charge in [-0.3, -0.25) is 10.1 Å². The molecule has 0 aliphatic carbocycles. The van der Waals surface area contributed by atoms with Gasteiger partial charge in [-0.15, -0.1) is 0 Å². The number of carbonyl (C=O) groups is 2. The molecule has 1 aromatic carbocycles. The van der Waals surface area contributed by atoms with E-state index in [9.17, 15) is 19.7 Å². The smallest absolute Gasteiger partial charge is 0.336 e. The van der Waals surface area contributed by atoms with Gasteiger partial charge in [-0.05, 0) is 19.4 Å². The Balaban J connectivity index is 2.46. The fourth-order valence-electron chi connectivity index (χ4n) is 3.25. The molecule has 1 heterocycles. The number of esters is 2. The van der Waals surface area contributed by atoms with Crippen LogP contribution in [-0.2, 0) is 23.8 Å². The highest BCUT2D eigenvalue weighted by Crippen LogP contribution is 2.40. The summed E-state index contributed by atoms with van der Waals surface area (Å²) in [5.74, 6) is -2.21. The van der Waals surface area contributed by atoms with E-state index < -0.39 is 22.8 Å². The van der Waals surface area contributed by atoms with Crippen LogP contribution in [0.15, 0.2) is 46.8 Å². The third-order valence-corrected chi connectivity index (χ3v) is 4.52. The molecule has 0 amide bonds. The minimum Gasteiger partial charge on any atom is -0.466 e. The molecule has 10 heteroatoms. The predicted octanol–water partition coefficient (Wildman–Crippen LogP) is 1.52. The predicted molar refractivity (Wildman–Crippen MR) is 107 cm³/mol. The van der Waals surface area contributed by atoms with E-state index in [4.69, 9.17) is 19.9 Å². The number of nitro groups is 1. The standard InChI is InChI=1S/C20H25N3O7/c1-12-16(19(24)28-3)18(14-5-4-6-15(11-14)23(26)27)17(13(2)22-12)20(25)30-10-9-29-8-7-21/h4-6,11,18,22H,7-10,21H2,1-3H3. The molecule has 0 bridgehead atoms. The van der Waals surface area contributed by atoms with E-state index in [0.717, 1.165) is 0 Å². The SMILES string of the molecule is COC(=O)C1=C(C)NC(C)=C(C(=O)OCCOCCN)C1c1cccc([N+](=O)[O-])c1. The lowest BCUT2D eigenvalue weighted by molar-refractivity contribution is -0.384. The molecule has 3 N–H and O–H groups in total. The van der Waals surface area contributed by atoms with Crippen LogP contribution in [0, 0.1) is 10.1 Å². The lowest BCUT2D eigenvalue weighted by atomic mass is 9.80. The number of hydrogen-bond acceptors (Lipinski definition) is 9. The number of benzene rings is 1. The van der Waals surface area contributed by atoms with Crippen molar-refractivity contribution in [2.45, 2.75) is 19.8 Å². The molecule has 0 saturated heterocycles. The first kappa shape index (κ1) is 23.0. The highest BCUT2D eigenvalue weighted by atomic mass is 16.6. The van der Waals surface area contributed by atoms with E-state index in [-0.39, 0.29) is 30.0 Å². The van der Waals surface area contributed by atoms with Crippen LogP contribution in [0.4, 0.5) is 5.69 Å². The Hall–Kier alpha value is -3.24. The number of carbonyl (C=O) groups excluding carboxylic acids is 2. The molecule has 0 saturated carbocycles. The highest BCUT2D eigenvalue weighted by molar-refractivity contribution is 5.99. The van der Waals surface area contributed by atoms with Crippen LogP contribution < -0.4 is 11.1 Å². The minimum atomic E-state index is -0.893. The highest BCUT2D eigenvalue weighted by Gasteiger charge is 2.38. The van der Waals surface area contributed by atoms with E-state index in [0.29, 0.717) is 30.1 Å². The van der Waals surface area contributed by atoms with Gasteiger partial charge >= 0.3 is 11.9 Å². The monoisotopic (exact) mass is 419 g/mol. The van der Waals surface area contributed by atoms with Gasteiger partial charge in [0.2, 0.25) is 0 Å². The van der Waals surface area contributed by atoms with Crippen LogP contribution >= 0.6 is 0 Å². The molecule has 0 spiro atoms. The molecular formula is C20H25N3O7. The van der Waals surface area contributed by atoms with Gasteiger partial charge < -0.3 is 25.3 Å². The summed E-state index contributed by atoms with van der Waals surface area (Å²) < 4.78 is 15.4. The quantitative estimate of drug-likeness (QED) is 0.263. The van der Waals surface area contributed by atoms with Crippen molar-refractivity contribution in [1.82, 2.24) is 5.32 Å². The number of dihydropyridines is 1. The van der Waals surface area contributed by atoms with Gasteiger partial charge in [0.05, 0.1) is 42.3 Å². The first-order valence-electron chi connectivity index (χ1n) is 9.28. The summed E-state index contributed by atoms with van der Waals surface area (Å²) in [4.78, 5) is 36.1. The third kappa shape index (κ3) is 5.22. The lowest BCUT2D eigenvalue weighted by Crippen LogP contribution is -2.32. The Morgan fingerprint density at radius 1 is 1.13 bits per heavy atom. The van der Waals surface area contributed by atoms with Crippen LogP contribution in [0.1, 0.15) is 25.3 Å². The molecule has 0 fully saturated rings. The van der Waals surface area contributed by atoms with Gasteiger partial charge in [-0.1, -0.05) is 12.1 Å². The van der Waals surface area contributed by atoms with Crippen molar-refractivity contribution in [2.75, 3.05) is 33.5 Å². The second kappa shape index (κ2) is 10.5. The first-order valence-corrected chi connectivity index (χ1v) is 9.28. The number of methoxy groups -OCH3 is 1. The number of nitrogens with one attached hydrogen (secondary N) is 1. The average Bonchev–Trinajstić information content (AvgIpc) is 2.72. The summed E-state index contributed by atoms with van der Waals surface area (Å²) in [7, 11) is 1.23. The van der Waals surface area contributed by atoms with E-state index in [2.05, 4.69) is 5.32 Å². The van der Waals surface area contributed by atoms with Crippen molar-refractivity contribution in [3.05, 3.63) is 62.5 Å². The van der Waals surface area contributed by atoms with Gasteiger partial charge in [0.25, 0.3) is 5.69 Å². The summed E-state index contributed by atoms with van der Waals surface area (Å²) >= 11 is 0. The van der Waals surface area contributed by atoms with Crippen molar-refractivity contribution >= 4 is 17.6 Å². The van der Waals surface area contributed by atoms with Crippen LogP contribution in [0.5, 0.6) is 0 Å². The molecule has 2 rings (SSSR count). The van der Waals surface area contributed by atoms with E-state index in [1.54, 1.807) is 19.9 Å². The van der Waals surface area contributed by atoms with Crippen molar-refractivity contribution in [3.8, 4) is 0 Å². The van der Waals surface area contributed by atoms with Crippen molar-refractivity contribution in [1.29, 1.82) is 0 Å². The Labute approximate surface area is 173 Å². The second-order valence-corrected chi connectivity index (χ2v) is 6.52. The van der Waals surface area contributed by atoms with Crippen LogP contribution in [-0.4, -0.2) is 50.3 Å². The number of nitrogens with two attached hydrogens (primary N) is 1. The summed E-state index contributed by atoms with van der Waals surface area (Å²) in [6.07, 6.45) is 0. The van der Waals surface area contributed by atoms with Gasteiger partial charge in [-0.25, -0.2) is 9.59 Å². The first-order chi connectivity index (χ1) is 14.3. The van der Waals surface area contributed by atoms with Crippen LogP contribution in [0.2, 0.25) is 0 Å². The van der Waals surface area contributed by atoms with Gasteiger partial charge in [-0.2, -0.15) is 0 Å². The maximum atomic E-state index is 12.9. The Bertz CT molecular complexity index is 892. The molecular weight excluding hydrogens is 394 g/mol. The number of nitro benzene ring substituents is 1. The number of nitrogens with zero attached hydrogens (tertiary/aromatic N) is 1. The molecule has 0 aromatic heterocycles. The van der Waals surface area contributed by atoms with Crippen molar-refractivity contribution in [2.24, 2.45) is 5.73 Å². The molecule has 10 nitrogen and oxygen atoms in total. The van der Waals surface area contributed by atoms with Gasteiger partial charge in [0, 0.05) is 30.1 Å². The Morgan fingerprint density at radius 3 is 2.40 bits per heavy atom. The summed E-state index contributed by atoms with van der Waals surface area (Å²) in [5.41, 5.74) is 6.89. The molecule has 1 unspecified atom stereocenters. The fraction of sp³-hybridized carbons (Fsp3) is 0.400. The number of hydrogen-bond donors (Lipinski definition) is 2. The van der Waals surface area contributed by atoms with Crippen molar-refractivity contribution in [3.63, 3.8) is 0 Å². The normalized spacial score (nSPS) is 16.2. The topological polar surface area (TPSA) is 143 Å². The van der Waals surface area contributed by atoms with Gasteiger partial charge in [0.15, 0.2) is 0 Å². The Kier molecular flexibility index (Phi) is 8.07. The molecule has 162 valence electrons. The zero-order valence-electron chi connectivity index (χ0n) is 17.1. The molecule has 30 heavy (non-hydrogen) atoms. The molecule has 1 aliphatic heterocycles. The summed E-state index contributed by atoms with van der Waals surface area (Å²) in [6, 6.07) is 5.78. The number of ether oxygens (including phenoxy) is 3. The lowest BCUT2D eigenvalue weighted by Gasteiger charge is -2.30. The van der Waals surface area contributed by atoms with Crippen LogP contribution in [0.3, 0.4) is 0 Å². The molecule has 1 atom stereocenters. The molecule has 1 aliphatic rings. The maximum Gasteiger partial charge on any atom is 0.336 e. The molecule has 0 radical (unpaired) electrons. The minimum absolute atomic E-state index is 0.00642. The Morgan fingerprint density at radius 2 is 1.80 bits per heavy atom. The zero-order chi connectivity index (χ0) is 22.3. The second-order valence-electron chi connectivity index (χ2n) is 6.52. The zero-order valence-corrected chi connectivity index (χ0v) is 17.1. The third-order valence-electron chi connectivity index (χ3n) is 4.52. The van der Waals surface area contributed by atoms with Crippen molar-refractivity contribution < 1.29 is 28.7 Å². The van der Waals surface area contributed by atoms with E-state index in [1.165, 1.54) is 25.3 Å². The largest absolute Gasteiger partial charge is 0.466 e. The number of allylic oxidation sites excluding steroid dienone is 2.